The van der Waals surface area contributed by atoms with Crippen molar-refractivity contribution in [3.8, 4) is 0 Å². The van der Waals surface area contributed by atoms with Crippen molar-refractivity contribution in [2.45, 2.75) is 6.54 Å². The van der Waals surface area contributed by atoms with E-state index in [0.717, 1.165) is 6.26 Å². The largest absolute Gasteiger partial charge is 0.463 e. The fourth-order valence-electron chi connectivity index (χ4n) is 1.79. The van der Waals surface area contributed by atoms with Crippen LogP contribution in [0.15, 0.2) is 42.7 Å². The molecule has 1 aromatic carbocycles. The van der Waals surface area contributed by atoms with Crippen LogP contribution in [0.25, 0.3) is 0 Å². The second kappa shape index (κ2) is 6.52. The van der Waals surface area contributed by atoms with Crippen molar-refractivity contribution in [2.24, 2.45) is 0 Å². The molecule has 0 spiro atoms. The van der Waals surface area contributed by atoms with Crippen LogP contribution in [0.3, 0.4) is 0 Å². The summed E-state index contributed by atoms with van der Waals surface area (Å²) in [6.45, 7) is 0.0737. The van der Waals surface area contributed by atoms with Gasteiger partial charge >= 0.3 is 5.97 Å². The molecule has 1 aromatic heterocycles. The second-order valence-electron chi connectivity index (χ2n) is 4.51. The van der Waals surface area contributed by atoms with Crippen LogP contribution in [0.2, 0.25) is 0 Å². The molecule has 0 saturated carbocycles. The molecule has 0 atom stereocenters. The van der Waals surface area contributed by atoms with Crippen LogP contribution >= 0.6 is 0 Å². The fourth-order valence-corrected chi connectivity index (χ4v) is 2.68. The lowest BCUT2D eigenvalue weighted by Crippen LogP contribution is -2.29. The molecule has 22 heavy (non-hydrogen) atoms. The SMILES string of the molecule is COC(=O)c1ncc(CN(c2ccccc2)S(C)(=O)=O)cn1. The average Bonchev–Trinajstić information content (AvgIpc) is 2.52. The maximum atomic E-state index is 12.0. The van der Waals surface area contributed by atoms with Crippen molar-refractivity contribution in [1.29, 1.82) is 0 Å². The normalized spacial score (nSPS) is 11.0. The standard InChI is InChI=1S/C14H15N3O4S/c1-21-14(18)13-15-8-11(9-16-13)10-17(22(2,19)20)12-6-4-3-5-7-12/h3-9H,10H2,1-2H3. The van der Waals surface area contributed by atoms with Crippen LogP contribution in [-0.2, 0) is 21.3 Å². The highest BCUT2D eigenvalue weighted by molar-refractivity contribution is 7.92. The number of anilines is 1. The highest BCUT2D eigenvalue weighted by Gasteiger charge is 2.18. The Balaban J connectivity index is 2.27. The van der Waals surface area contributed by atoms with Crippen LogP contribution in [0.4, 0.5) is 5.69 Å². The molecule has 0 aliphatic heterocycles. The topological polar surface area (TPSA) is 89.5 Å². The van der Waals surface area contributed by atoms with Crippen LogP contribution < -0.4 is 4.31 Å². The van der Waals surface area contributed by atoms with Crippen LogP contribution in [-0.4, -0.2) is 37.7 Å². The number of sulfonamides is 1. The molecule has 8 heteroatoms. The van der Waals surface area contributed by atoms with Crippen molar-refractivity contribution >= 4 is 21.7 Å². The second-order valence-corrected chi connectivity index (χ2v) is 6.42. The predicted octanol–water partition coefficient (Wildman–Crippen LogP) is 1.23. The minimum atomic E-state index is -3.46. The molecule has 0 amide bonds. The van der Waals surface area contributed by atoms with E-state index in [1.54, 1.807) is 30.3 Å². The number of para-hydroxylation sites is 1. The van der Waals surface area contributed by atoms with E-state index in [1.807, 2.05) is 0 Å². The molecule has 0 unspecified atom stereocenters. The van der Waals surface area contributed by atoms with Gasteiger partial charge < -0.3 is 4.74 Å². The quantitative estimate of drug-likeness (QED) is 0.770. The zero-order chi connectivity index (χ0) is 16.2. The van der Waals surface area contributed by atoms with E-state index in [0.29, 0.717) is 11.3 Å². The molecule has 2 aromatic rings. The number of rotatable bonds is 5. The molecular formula is C14H15N3O4S. The Morgan fingerprint density at radius 2 is 1.77 bits per heavy atom. The molecule has 2 rings (SSSR count). The summed E-state index contributed by atoms with van der Waals surface area (Å²) in [6, 6.07) is 8.71. The van der Waals surface area contributed by atoms with E-state index in [9.17, 15) is 13.2 Å². The number of hydrogen-bond donors (Lipinski definition) is 0. The first kappa shape index (κ1) is 15.9. The van der Waals surface area contributed by atoms with Gasteiger partial charge in [-0.1, -0.05) is 18.2 Å². The number of aromatic nitrogens is 2. The number of carbonyl (C=O) groups is 1. The maximum Gasteiger partial charge on any atom is 0.376 e. The summed E-state index contributed by atoms with van der Waals surface area (Å²) in [4.78, 5) is 19.0. The van der Waals surface area contributed by atoms with Gasteiger partial charge in [-0.15, -0.1) is 0 Å². The molecule has 0 saturated heterocycles. The van der Waals surface area contributed by atoms with Gasteiger partial charge in [0.25, 0.3) is 0 Å². The van der Waals surface area contributed by atoms with Gasteiger partial charge in [-0.25, -0.2) is 23.2 Å². The minimum Gasteiger partial charge on any atom is -0.463 e. The highest BCUT2D eigenvalue weighted by Crippen LogP contribution is 2.19. The summed E-state index contributed by atoms with van der Waals surface area (Å²) in [5.41, 5.74) is 1.10. The Hall–Kier alpha value is -2.48. The number of methoxy groups -OCH3 is 1. The van der Waals surface area contributed by atoms with Gasteiger partial charge in [0.2, 0.25) is 15.8 Å². The molecule has 116 valence electrons. The van der Waals surface area contributed by atoms with Crippen LogP contribution in [0, 0.1) is 0 Å². The fraction of sp³-hybridized carbons (Fsp3) is 0.214. The number of carbonyl (C=O) groups excluding carboxylic acids is 1. The Labute approximate surface area is 128 Å². The monoisotopic (exact) mass is 321 g/mol. The zero-order valence-corrected chi connectivity index (χ0v) is 12.9. The van der Waals surface area contributed by atoms with E-state index in [2.05, 4.69) is 14.7 Å². The van der Waals surface area contributed by atoms with Gasteiger partial charge in [-0.2, -0.15) is 0 Å². The lowest BCUT2D eigenvalue weighted by atomic mass is 10.3. The summed E-state index contributed by atoms with van der Waals surface area (Å²) in [5, 5.41) is 0. The lowest BCUT2D eigenvalue weighted by Gasteiger charge is -2.22. The minimum absolute atomic E-state index is 0.0723. The van der Waals surface area contributed by atoms with Crippen molar-refractivity contribution in [1.82, 2.24) is 9.97 Å². The molecule has 0 aliphatic carbocycles. The lowest BCUT2D eigenvalue weighted by molar-refractivity contribution is 0.0586. The van der Waals surface area contributed by atoms with Crippen molar-refractivity contribution in [2.75, 3.05) is 17.7 Å². The Morgan fingerprint density at radius 1 is 1.18 bits per heavy atom. The molecular weight excluding hydrogens is 306 g/mol. The van der Waals surface area contributed by atoms with Gasteiger partial charge in [0.15, 0.2) is 0 Å². The van der Waals surface area contributed by atoms with Crippen molar-refractivity contribution < 1.29 is 17.9 Å². The first-order chi connectivity index (χ1) is 10.4. The summed E-state index contributed by atoms with van der Waals surface area (Å²) in [5.74, 6) is -0.716. The van der Waals surface area contributed by atoms with Crippen LogP contribution in [0.5, 0.6) is 0 Å². The number of esters is 1. The van der Waals surface area contributed by atoms with E-state index in [1.165, 1.54) is 23.8 Å². The number of benzene rings is 1. The van der Waals surface area contributed by atoms with E-state index in [-0.39, 0.29) is 12.4 Å². The summed E-state index contributed by atoms with van der Waals surface area (Å²) in [7, 11) is -2.22. The Morgan fingerprint density at radius 3 is 2.27 bits per heavy atom. The maximum absolute atomic E-state index is 12.0. The van der Waals surface area contributed by atoms with Crippen LogP contribution in [0.1, 0.15) is 16.2 Å². The summed E-state index contributed by atoms with van der Waals surface area (Å²) in [6.07, 6.45) is 3.93. The molecule has 0 N–H and O–H groups in total. The number of nitrogens with zero attached hydrogens (tertiary/aromatic N) is 3. The first-order valence-electron chi connectivity index (χ1n) is 6.34. The van der Waals surface area contributed by atoms with Gasteiger partial charge in [-0.3, -0.25) is 4.31 Å². The number of ether oxygens (including phenoxy) is 1. The first-order valence-corrected chi connectivity index (χ1v) is 8.18. The third-order valence-corrected chi connectivity index (χ3v) is 3.98. The highest BCUT2D eigenvalue weighted by atomic mass is 32.2. The van der Waals surface area contributed by atoms with Crippen molar-refractivity contribution in [3.63, 3.8) is 0 Å². The molecule has 1 heterocycles. The molecule has 0 fully saturated rings. The van der Waals surface area contributed by atoms with E-state index in [4.69, 9.17) is 0 Å². The summed E-state index contributed by atoms with van der Waals surface area (Å²) >= 11 is 0. The molecule has 0 radical (unpaired) electrons. The molecule has 7 nitrogen and oxygen atoms in total. The van der Waals surface area contributed by atoms with Gasteiger partial charge in [0.1, 0.15) is 0 Å². The van der Waals surface area contributed by atoms with Gasteiger partial charge in [0.05, 0.1) is 25.6 Å². The molecule has 0 aliphatic rings. The van der Waals surface area contributed by atoms with Gasteiger partial charge in [0, 0.05) is 18.0 Å². The molecule has 0 bridgehead atoms. The third-order valence-electron chi connectivity index (χ3n) is 2.84. The Kier molecular flexibility index (Phi) is 4.71. The van der Waals surface area contributed by atoms with E-state index < -0.39 is 16.0 Å². The summed E-state index contributed by atoms with van der Waals surface area (Å²) < 4.78 is 29.7. The zero-order valence-electron chi connectivity index (χ0n) is 12.1. The smallest absolute Gasteiger partial charge is 0.376 e. The number of hydrogen-bond acceptors (Lipinski definition) is 6. The van der Waals surface area contributed by atoms with E-state index >= 15 is 0 Å². The average molecular weight is 321 g/mol. The third kappa shape index (κ3) is 3.79. The Bertz CT molecular complexity index is 745. The van der Waals surface area contributed by atoms with Gasteiger partial charge in [-0.05, 0) is 12.1 Å². The predicted molar refractivity (Wildman–Crippen MR) is 80.8 cm³/mol. The van der Waals surface area contributed by atoms with Crippen molar-refractivity contribution in [3.05, 3.63) is 54.1 Å².